The van der Waals surface area contributed by atoms with Gasteiger partial charge in [0.05, 0.1) is 22.4 Å². The van der Waals surface area contributed by atoms with Crippen molar-refractivity contribution in [3.05, 3.63) is 52.3 Å². The van der Waals surface area contributed by atoms with Crippen molar-refractivity contribution in [2.45, 2.75) is 38.3 Å². The highest BCUT2D eigenvalue weighted by Gasteiger charge is 2.45. The molecular weight excluding hydrogens is 328 g/mol. The summed E-state index contributed by atoms with van der Waals surface area (Å²) in [6.45, 7) is 3.08. The molecule has 5 heteroatoms. The zero-order chi connectivity index (χ0) is 14.8. The van der Waals surface area contributed by atoms with Crippen molar-refractivity contribution in [2.75, 3.05) is 0 Å². The van der Waals surface area contributed by atoms with Gasteiger partial charge in [-0.1, -0.05) is 37.3 Å². The van der Waals surface area contributed by atoms with Gasteiger partial charge in [-0.15, -0.1) is 0 Å². The number of hydrazine groups is 1. The Kier molecular flexibility index (Phi) is 4.42. The summed E-state index contributed by atoms with van der Waals surface area (Å²) >= 11 is 3.62. The first-order valence-corrected chi connectivity index (χ1v) is 8.27. The van der Waals surface area contributed by atoms with Crippen LogP contribution in [0.2, 0.25) is 0 Å². The Labute approximate surface area is 133 Å². The van der Waals surface area contributed by atoms with E-state index in [0.29, 0.717) is 11.8 Å². The predicted octanol–water partition coefficient (Wildman–Crippen LogP) is 3.36. The number of hydrogen-bond donors (Lipinski definition) is 2. The second kappa shape index (κ2) is 6.30. The van der Waals surface area contributed by atoms with Crippen LogP contribution < -0.4 is 11.3 Å². The molecule has 4 nitrogen and oxygen atoms in total. The molecule has 0 aliphatic heterocycles. The zero-order valence-electron chi connectivity index (χ0n) is 12.2. The first-order chi connectivity index (χ1) is 10.3. The average Bonchev–Trinajstić information content (AvgIpc) is 3.22. The number of nitrogens with zero attached hydrogens (tertiary/aromatic N) is 2. The number of benzene rings is 1. The maximum atomic E-state index is 5.87. The molecule has 0 amide bonds. The molecule has 3 atom stereocenters. The lowest BCUT2D eigenvalue weighted by molar-refractivity contribution is 0.435. The van der Waals surface area contributed by atoms with E-state index in [2.05, 4.69) is 68.4 Å². The van der Waals surface area contributed by atoms with Crippen LogP contribution in [0.3, 0.4) is 0 Å². The third-order valence-electron chi connectivity index (χ3n) is 4.24. The Bertz CT molecular complexity index is 596. The van der Waals surface area contributed by atoms with E-state index in [-0.39, 0.29) is 6.04 Å². The van der Waals surface area contributed by atoms with Crippen molar-refractivity contribution in [3.8, 4) is 0 Å². The summed E-state index contributed by atoms with van der Waals surface area (Å²) in [4.78, 5) is 0. The first kappa shape index (κ1) is 14.8. The highest BCUT2D eigenvalue weighted by molar-refractivity contribution is 9.10. The van der Waals surface area contributed by atoms with Gasteiger partial charge in [-0.25, -0.2) is 0 Å². The number of nitrogens with two attached hydrogens (primary N) is 1. The molecule has 1 aromatic carbocycles. The third kappa shape index (κ3) is 2.91. The van der Waals surface area contributed by atoms with E-state index in [1.54, 1.807) is 0 Å². The van der Waals surface area contributed by atoms with E-state index in [4.69, 9.17) is 5.84 Å². The Morgan fingerprint density at radius 3 is 2.86 bits per heavy atom. The van der Waals surface area contributed by atoms with E-state index in [0.717, 1.165) is 17.4 Å². The molecular formula is C16H21BrN4. The molecule has 21 heavy (non-hydrogen) atoms. The smallest absolute Gasteiger partial charge is 0.0712 e. The summed E-state index contributed by atoms with van der Waals surface area (Å²) in [6.07, 6.45) is 4.10. The Morgan fingerprint density at radius 1 is 1.43 bits per heavy atom. The largest absolute Gasteiger partial charge is 0.271 e. The van der Waals surface area contributed by atoms with E-state index in [9.17, 15) is 0 Å². The Balaban J connectivity index is 1.83. The number of halogens is 1. The highest BCUT2D eigenvalue weighted by atomic mass is 79.9. The van der Waals surface area contributed by atoms with Gasteiger partial charge in [-0.2, -0.15) is 5.10 Å². The lowest BCUT2D eigenvalue weighted by Gasteiger charge is -2.19. The van der Waals surface area contributed by atoms with Crippen molar-refractivity contribution < 1.29 is 0 Å². The van der Waals surface area contributed by atoms with Crippen LogP contribution in [0.4, 0.5) is 0 Å². The fraction of sp³-hybridized carbons (Fsp3) is 0.438. The summed E-state index contributed by atoms with van der Waals surface area (Å²) < 4.78 is 3.10. The molecule has 1 heterocycles. The molecule has 1 aliphatic rings. The summed E-state index contributed by atoms with van der Waals surface area (Å²) in [5, 5.41) is 4.46. The number of hydrogen-bond acceptors (Lipinski definition) is 3. The van der Waals surface area contributed by atoms with Gasteiger partial charge in [0.15, 0.2) is 0 Å². The maximum Gasteiger partial charge on any atom is 0.0712 e. The van der Waals surface area contributed by atoms with Gasteiger partial charge in [-0.3, -0.25) is 16.0 Å². The monoisotopic (exact) mass is 348 g/mol. The van der Waals surface area contributed by atoms with Crippen LogP contribution >= 0.6 is 15.9 Å². The molecule has 3 unspecified atom stereocenters. The highest BCUT2D eigenvalue weighted by Crippen LogP contribution is 2.54. The molecule has 0 saturated heterocycles. The Morgan fingerprint density at radius 2 is 2.19 bits per heavy atom. The molecule has 1 saturated carbocycles. The minimum atomic E-state index is 0.138. The van der Waals surface area contributed by atoms with E-state index in [1.165, 1.54) is 17.7 Å². The minimum Gasteiger partial charge on any atom is -0.271 e. The molecule has 0 radical (unpaired) electrons. The van der Waals surface area contributed by atoms with Gasteiger partial charge >= 0.3 is 0 Å². The lowest BCUT2D eigenvalue weighted by atomic mass is 10.0. The number of aromatic nitrogens is 2. The van der Waals surface area contributed by atoms with Crippen molar-refractivity contribution in [1.29, 1.82) is 0 Å². The second-order valence-electron chi connectivity index (χ2n) is 5.66. The SMILES string of the molecule is CCCn1ncc(Br)c1C(NN)C1CC1c1ccccc1. The van der Waals surface area contributed by atoms with Crippen LogP contribution in [0.25, 0.3) is 0 Å². The first-order valence-electron chi connectivity index (χ1n) is 7.48. The van der Waals surface area contributed by atoms with Gasteiger partial charge in [-0.05, 0) is 46.2 Å². The molecule has 2 aromatic rings. The number of nitrogens with one attached hydrogen (secondary N) is 1. The average molecular weight is 349 g/mol. The van der Waals surface area contributed by atoms with Crippen LogP contribution in [0.15, 0.2) is 41.0 Å². The predicted molar refractivity (Wildman–Crippen MR) is 87.6 cm³/mol. The van der Waals surface area contributed by atoms with Gasteiger partial charge in [0.1, 0.15) is 0 Å². The molecule has 0 spiro atoms. The standard InChI is InChI=1S/C16H21BrN4/c1-2-8-21-16(14(17)10-19-21)15(20-18)13-9-12(13)11-6-4-3-5-7-11/h3-7,10,12-13,15,20H,2,8-9,18H2,1H3. The molecule has 3 N–H and O–H groups in total. The number of rotatable bonds is 6. The Hall–Kier alpha value is -1.17. The summed E-state index contributed by atoms with van der Waals surface area (Å²) in [5.74, 6) is 6.98. The zero-order valence-corrected chi connectivity index (χ0v) is 13.8. The van der Waals surface area contributed by atoms with Crippen molar-refractivity contribution in [2.24, 2.45) is 11.8 Å². The van der Waals surface area contributed by atoms with Gasteiger partial charge in [0.25, 0.3) is 0 Å². The van der Waals surface area contributed by atoms with Crippen LogP contribution in [-0.4, -0.2) is 9.78 Å². The van der Waals surface area contributed by atoms with Crippen LogP contribution in [0.5, 0.6) is 0 Å². The van der Waals surface area contributed by atoms with Crippen LogP contribution in [0, 0.1) is 5.92 Å². The lowest BCUT2D eigenvalue weighted by Crippen LogP contribution is -2.32. The van der Waals surface area contributed by atoms with Gasteiger partial charge in [0.2, 0.25) is 0 Å². The van der Waals surface area contributed by atoms with Crippen molar-refractivity contribution in [3.63, 3.8) is 0 Å². The van der Waals surface area contributed by atoms with E-state index >= 15 is 0 Å². The fourth-order valence-electron chi connectivity index (χ4n) is 3.14. The van der Waals surface area contributed by atoms with Gasteiger partial charge in [0, 0.05) is 6.54 Å². The second-order valence-corrected chi connectivity index (χ2v) is 6.52. The molecule has 1 aliphatic carbocycles. The van der Waals surface area contributed by atoms with E-state index < -0.39 is 0 Å². The van der Waals surface area contributed by atoms with Gasteiger partial charge < -0.3 is 0 Å². The van der Waals surface area contributed by atoms with E-state index in [1.807, 2.05) is 6.20 Å². The van der Waals surface area contributed by atoms with Crippen molar-refractivity contribution in [1.82, 2.24) is 15.2 Å². The van der Waals surface area contributed by atoms with Crippen LogP contribution in [0.1, 0.15) is 43.0 Å². The molecule has 1 aromatic heterocycles. The summed E-state index contributed by atoms with van der Waals surface area (Å²) in [7, 11) is 0. The van der Waals surface area contributed by atoms with Crippen molar-refractivity contribution >= 4 is 15.9 Å². The topological polar surface area (TPSA) is 55.9 Å². The van der Waals surface area contributed by atoms with Crippen LogP contribution in [-0.2, 0) is 6.54 Å². The molecule has 3 rings (SSSR count). The fourth-order valence-corrected chi connectivity index (χ4v) is 3.69. The normalized spacial score (nSPS) is 22.2. The number of aryl methyl sites for hydroxylation is 1. The summed E-state index contributed by atoms with van der Waals surface area (Å²) in [6, 6.07) is 10.8. The molecule has 0 bridgehead atoms. The molecule has 112 valence electrons. The summed E-state index contributed by atoms with van der Waals surface area (Å²) in [5.41, 5.74) is 5.59. The minimum absolute atomic E-state index is 0.138. The third-order valence-corrected chi connectivity index (χ3v) is 4.85. The maximum absolute atomic E-state index is 5.87. The molecule has 1 fully saturated rings. The quantitative estimate of drug-likeness (QED) is 0.621.